The number of nitrogens with one attached hydrogen (secondary N) is 1. The molecule has 256 valence electrons. The molecular formula is C37H34Cl2FN7O2S. The maximum atomic E-state index is 17.1. The lowest BCUT2D eigenvalue weighted by atomic mass is 9.79. The number of nitrogens with zero attached hydrogens (tertiary/aromatic N) is 6. The molecule has 6 heterocycles. The fourth-order valence-corrected chi connectivity index (χ4v) is 9.37. The molecule has 0 radical (unpaired) electrons. The number of fused-ring (bicyclic) bond motifs is 4. The Morgan fingerprint density at radius 2 is 2.08 bits per heavy atom. The lowest BCUT2D eigenvalue weighted by Gasteiger charge is -2.39. The molecule has 5 fully saturated rings. The van der Waals surface area contributed by atoms with Crippen LogP contribution in [0.3, 0.4) is 0 Å². The van der Waals surface area contributed by atoms with Gasteiger partial charge in [-0.1, -0.05) is 35.3 Å². The minimum absolute atomic E-state index is 0.0520. The molecule has 5 atom stereocenters. The van der Waals surface area contributed by atoms with Crippen molar-refractivity contribution in [2.75, 3.05) is 13.1 Å². The summed E-state index contributed by atoms with van der Waals surface area (Å²) in [7, 11) is 0. The quantitative estimate of drug-likeness (QED) is 0.166. The molecule has 5 aliphatic rings. The van der Waals surface area contributed by atoms with E-state index in [4.69, 9.17) is 32.9 Å². The van der Waals surface area contributed by atoms with E-state index in [1.54, 1.807) is 24.4 Å². The SMILES string of the molecule is Cc1nc2c(F)c(-c3cccc(Cl)c3Cl)c(CCC#N)cc2c2c1cc(C1CC(OCc3cnsn3)CN1C(=O)C1CC1)n2C1C2CNC1C2. The molecule has 2 bridgehead atoms. The van der Waals surface area contributed by atoms with Gasteiger partial charge in [-0.3, -0.25) is 4.79 Å². The zero-order valence-electron chi connectivity index (χ0n) is 27.3. The van der Waals surface area contributed by atoms with E-state index >= 15 is 4.39 Å². The first-order chi connectivity index (χ1) is 24.3. The monoisotopic (exact) mass is 729 g/mol. The van der Waals surface area contributed by atoms with Gasteiger partial charge in [-0.25, -0.2) is 9.37 Å². The molecule has 13 heteroatoms. The first-order valence-electron chi connectivity index (χ1n) is 17.2. The van der Waals surface area contributed by atoms with Crippen LogP contribution in [0.4, 0.5) is 4.39 Å². The molecule has 9 nitrogen and oxygen atoms in total. The number of pyridine rings is 1. The molecule has 2 aromatic carbocycles. The zero-order valence-corrected chi connectivity index (χ0v) is 29.7. The van der Waals surface area contributed by atoms with Crippen LogP contribution in [0.5, 0.6) is 0 Å². The Hall–Kier alpha value is -3.66. The molecule has 10 rings (SSSR count). The van der Waals surface area contributed by atoms with Gasteiger partial charge >= 0.3 is 0 Å². The molecule has 1 amide bonds. The van der Waals surface area contributed by atoms with Crippen LogP contribution in [0.1, 0.15) is 66.8 Å². The van der Waals surface area contributed by atoms with Gasteiger partial charge in [0, 0.05) is 71.2 Å². The van der Waals surface area contributed by atoms with Gasteiger partial charge in [-0.15, -0.1) is 0 Å². The van der Waals surface area contributed by atoms with Crippen LogP contribution in [0.2, 0.25) is 10.0 Å². The second-order valence-corrected chi connectivity index (χ2v) is 15.5. The lowest BCUT2D eigenvalue weighted by molar-refractivity contribution is -0.134. The standard InChI is InChI=1S/C37H34Cl2FN7O2S/c1-18-25-13-30(29-12-23(49-17-22-15-43-50-45-22)16-46(29)37(48)19-7-8-19)47(35-21-11-28(35)42-14-21)36(25)26-10-20(4-3-9-41)31(33(40)34(26)44-18)24-5-2-6-27(38)32(24)39/h2,5-6,10,13,15,19,21,23,28-29,35,42H,3-4,7-8,11-12,14,16-17H2,1H3. The molecule has 5 unspecified atom stereocenters. The van der Waals surface area contributed by atoms with Crippen LogP contribution in [0, 0.1) is 35.9 Å². The second-order valence-electron chi connectivity index (χ2n) is 14.1. The number of benzene rings is 2. The van der Waals surface area contributed by atoms with Crippen LogP contribution in [-0.2, 0) is 22.6 Å². The highest BCUT2D eigenvalue weighted by Gasteiger charge is 2.51. The summed E-state index contributed by atoms with van der Waals surface area (Å²) in [5.41, 5.74) is 5.17. The van der Waals surface area contributed by atoms with E-state index in [2.05, 4.69) is 30.8 Å². The Morgan fingerprint density at radius 3 is 2.80 bits per heavy atom. The van der Waals surface area contributed by atoms with Gasteiger partial charge in [0.25, 0.3) is 0 Å². The third kappa shape index (κ3) is 5.22. The van der Waals surface area contributed by atoms with Gasteiger partial charge in [0.15, 0.2) is 5.82 Å². The third-order valence-electron chi connectivity index (χ3n) is 11.1. The first-order valence-corrected chi connectivity index (χ1v) is 18.7. The summed E-state index contributed by atoms with van der Waals surface area (Å²) < 4.78 is 34.3. The number of halogens is 3. The number of nitriles is 1. The summed E-state index contributed by atoms with van der Waals surface area (Å²) in [6.45, 7) is 3.69. The summed E-state index contributed by atoms with van der Waals surface area (Å²) in [4.78, 5) is 20.8. The third-order valence-corrected chi connectivity index (χ3v) is 12.5. The molecule has 0 spiro atoms. The van der Waals surface area contributed by atoms with Crippen molar-refractivity contribution in [3.8, 4) is 17.2 Å². The average Bonchev–Trinajstić information content (AvgIpc) is 3.62. The van der Waals surface area contributed by atoms with E-state index in [0.29, 0.717) is 64.7 Å². The Labute approximate surface area is 302 Å². The molecular weight excluding hydrogens is 696 g/mol. The molecule has 1 N–H and O–H groups in total. The fraction of sp³-hybridized carbons (Fsp3) is 0.432. The van der Waals surface area contributed by atoms with Gasteiger partial charge in [0.05, 0.1) is 70.0 Å². The van der Waals surface area contributed by atoms with Crippen molar-refractivity contribution in [3.63, 3.8) is 0 Å². The number of ether oxygens (including phenoxy) is 1. The van der Waals surface area contributed by atoms with Crippen molar-refractivity contribution in [1.29, 1.82) is 5.26 Å². The number of aromatic nitrogens is 4. The summed E-state index contributed by atoms with van der Waals surface area (Å²) in [6.07, 6.45) is 5.64. The summed E-state index contributed by atoms with van der Waals surface area (Å²) in [6, 6.07) is 11.8. The van der Waals surface area contributed by atoms with Crippen molar-refractivity contribution < 1.29 is 13.9 Å². The Balaban J connectivity index is 1.25. The molecule has 3 aliphatic heterocycles. The van der Waals surface area contributed by atoms with E-state index in [9.17, 15) is 10.1 Å². The van der Waals surface area contributed by atoms with Crippen molar-refractivity contribution in [2.24, 2.45) is 11.8 Å². The maximum absolute atomic E-state index is 17.1. The van der Waals surface area contributed by atoms with Gasteiger partial charge in [0.1, 0.15) is 5.52 Å². The van der Waals surface area contributed by atoms with Gasteiger partial charge in [0.2, 0.25) is 5.91 Å². The van der Waals surface area contributed by atoms with Crippen LogP contribution in [0.15, 0.2) is 36.5 Å². The molecule has 3 saturated heterocycles. The Bertz CT molecular complexity index is 2200. The molecule has 5 aromatic rings. The van der Waals surface area contributed by atoms with E-state index in [-0.39, 0.29) is 53.0 Å². The summed E-state index contributed by atoms with van der Waals surface area (Å²) in [5, 5.41) is 15.5. The number of aryl methyl sites for hydroxylation is 2. The first kappa shape index (κ1) is 32.3. The summed E-state index contributed by atoms with van der Waals surface area (Å²) in [5.74, 6) is 0.167. The minimum atomic E-state index is -0.481. The number of likely N-dealkylation sites (tertiary alicyclic amines) is 1. The largest absolute Gasteiger partial charge is 0.370 e. The smallest absolute Gasteiger partial charge is 0.226 e. The van der Waals surface area contributed by atoms with Crippen molar-refractivity contribution >= 4 is 62.6 Å². The number of rotatable bonds is 9. The highest BCUT2D eigenvalue weighted by molar-refractivity contribution is 6.99. The molecule has 50 heavy (non-hydrogen) atoms. The van der Waals surface area contributed by atoms with Crippen LogP contribution >= 0.6 is 34.9 Å². The highest BCUT2D eigenvalue weighted by Crippen LogP contribution is 2.51. The minimum Gasteiger partial charge on any atom is -0.370 e. The number of amides is 1. The predicted molar refractivity (Wildman–Crippen MR) is 191 cm³/mol. The van der Waals surface area contributed by atoms with Gasteiger partial charge < -0.3 is 19.5 Å². The Morgan fingerprint density at radius 1 is 1.22 bits per heavy atom. The molecule has 2 aliphatic carbocycles. The van der Waals surface area contributed by atoms with Crippen molar-refractivity contribution in [2.45, 2.75) is 76.3 Å². The fourth-order valence-electron chi connectivity index (χ4n) is 8.56. The number of carbonyl (C=O) groups excluding carboxylic acids is 1. The van der Waals surface area contributed by atoms with E-state index in [0.717, 1.165) is 59.8 Å². The van der Waals surface area contributed by atoms with Gasteiger partial charge in [-0.2, -0.15) is 14.0 Å². The lowest BCUT2D eigenvalue weighted by Crippen LogP contribution is -2.41. The topological polar surface area (TPSA) is 109 Å². The normalized spacial score (nSPS) is 24.3. The van der Waals surface area contributed by atoms with Crippen molar-refractivity contribution in [3.05, 3.63) is 75.0 Å². The van der Waals surface area contributed by atoms with Crippen LogP contribution < -0.4 is 5.32 Å². The number of carbonyl (C=O) groups is 1. The predicted octanol–water partition coefficient (Wildman–Crippen LogP) is 7.72. The van der Waals surface area contributed by atoms with E-state index in [1.165, 1.54) is 0 Å². The van der Waals surface area contributed by atoms with Crippen molar-refractivity contribution in [1.82, 2.24) is 28.5 Å². The van der Waals surface area contributed by atoms with Crippen LogP contribution in [-0.4, -0.2) is 54.3 Å². The Kier molecular flexibility index (Phi) is 8.09. The second kappa shape index (κ2) is 12.5. The van der Waals surface area contributed by atoms with Crippen LogP contribution in [0.25, 0.3) is 32.9 Å². The molecule has 2 saturated carbocycles. The highest BCUT2D eigenvalue weighted by atomic mass is 35.5. The average molecular weight is 731 g/mol. The summed E-state index contributed by atoms with van der Waals surface area (Å²) >= 11 is 14.2. The number of hydrogen-bond acceptors (Lipinski definition) is 8. The molecule has 3 aromatic heterocycles. The zero-order chi connectivity index (χ0) is 34.3. The number of hydrogen-bond donors (Lipinski definition) is 1. The van der Waals surface area contributed by atoms with E-state index < -0.39 is 5.82 Å². The van der Waals surface area contributed by atoms with E-state index in [1.807, 2.05) is 17.9 Å². The van der Waals surface area contributed by atoms with Gasteiger partial charge in [-0.05, 0) is 62.3 Å². The maximum Gasteiger partial charge on any atom is 0.226 e.